The lowest BCUT2D eigenvalue weighted by Crippen LogP contribution is -2.11. The van der Waals surface area contributed by atoms with E-state index in [-0.39, 0.29) is 11.4 Å². The van der Waals surface area contributed by atoms with Crippen molar-refractivity contribution in [1.29, 1.82) is 0 Å². The Kier molecular flexibility index (Phi) is 4.86. The van der Waals surface area contributed by atoms with Crippen LogP contribution in [0.5, 0.6) is 5.88 Å². The molecule has 1 aromatic carbocycles. The van der Waals surface area contributed by atoms with E-state index >= 15 is 0 Å². The number of aromatic nitrogens is 3. The third kappa shape index (κ3) is 3.62. The molecule has 3 aromatic rings. The van der Waals surface area contributed by atoms with Gasteiger partial charge in [0.2, 0.25) is 11.8 Å². The molecule has 0 aliphatic carbocycles. The number of nitrogens with one attached hydrogen (secondary N) is 2. The zero-order valence-corrected chi connectivity index (χ0v) is 14.9. The van der Waals surface area contributed by atoms with E-state index in [0.29, 0.717) is 28.2 Å². The summed E-state index contributed by atoms with van der Waals surface area (Å²) < 4.78 is 19.3. The summed E-state index contributed by atoms with van der Waals surface area (Å²) in [5, 5.41) is 9.66. The number of aromatic amines is 1. The lowest BCUT2D eigenvalue weighted by molar-refractivity contribution is -0.111. The Hall–Kier alpha value is -3.73. The van der Waals surface area contributed by atoms with Gasteiger partial charge in [0.15, 0.2) is 0 Å². The van der Waals surface area contributed by atoms with Crippen LogP contribution in [-0.4, -0.2) is 28.2 Å². The fourth-order valence-corrected chi connectivity index (χ4v) is 2.67. The fraction of sp³-hybridized carbons (Fsp3) is 0.158. The standard InChI is InChI=1S/C19H16FN5O2/c1-10-7-17(27-4)22-11(2)18(10)23-16(26)6-5-12-8-15-13(9-14(12)20)19(21-3)25-24-15/h5-9H,1-2,4H3,(H,23,26)(H,24,25)/b6-5+. The number of carbonyl (C=O) groups excluding carboxylic acids is 1. The van der Waals surface area contributed by atoms with E-state index in [9.17, 15) is 9.18 Å². The molecule has 2 heterocycles. The van der Waals surface area contributed by atoms with E-state index in [1.165, 1.54) is 31.4 Å². The third-order valence-corrected chi connectivity index (χ3v) is 4.01. The van der Waals surface area contributed by atoms with Gasteiger partial charge in [0.05, 0.1) is 18.5 Å². The number of rotatable bonds is 4. The van der Waals surface area contributed by atoms with Crippen molar-refractivity contribution in [2.75, 3.05) is 12.4 Å². The second-order valence-electron chi connectivity index (χ2n) is 5.84. The summed E-state index contributed by atoms with van der Waals surface area (Å²) in [6.45, 7) is 10.6. The van der Waals surface area contributed by atoms with Crippen LogP contribution in [0.3, 0.4) is 0 Å². The Bertz CT molecular complexity index is 1090. The van der Waals surface area contributed by atoms with Crippen LogP contribution in [0.2, 0.25) is 0 Å². The van der Waals surface area contributed by atoms with Gasteiger partial charge in [0, 0.05) is 23.1 Å². The second-order valence-corrected chi connectivity index (χ2v) is 5.84. The number of halogens is 1. The first-order valence-electron chi connectivity index (χ1n) is 7.99. The molecule has 3 rings (SSSR count). The van der Waals surface area contributed by atoms with Crippen molar-refractivity contribution in [3.05, 3.63) is 58.3 Å². The van der Waals surface area contributed by atoms with Crippen molar-refractivity contribution in [2.24, 2.45) is 0 Å². The van der Waals surface area contributed by atoms with Crippen LogP contribution < -0.4 is 10.1 Å². The molecule has 2 aromatic heterocycles. The SMILES string of the molecule is [C-]#[N+]c1[nH]nc2cc(/C=C/C(=O)Nc3c(C)cc(OC)nc3C)c(F)cc12. The monoisotopic (exact) mass is 365 g/mol. The largest absolute Gasteiger partial charge is 0.481 e. The molecule has 0 bridgehead atoms. The molecule has 0 spiro atoms. The molecule has 0 saturated heterocycles. The van der Waals surface area contributed by atoms with Crippen LogP contribution in [0.1, 0.15) is 16.8 Å². The summed E-state index contributed by atoms with van der Waals surface area (Å²) in [6.07, 6.45) is 2.59. The molecule has 136 valence electrons. The average Bonchev–Trinajstić information content (AvgIpc) is 3.04. The van der Waals surface area contributed by atoms with E-state index in [0.717, 1.165) is 5.56 Å². The Morgan fingerprint density at radius 2 is 2.15 bits per heavy atom. The zero-order chi connectivity index (χ0) is 19.6. The summed E-state index contributed by atoms with van der Waals surface area (Å²) in [6, 6.07) is 4.42. The number of anilines is 1. The Labute approximate surface area is 154 Å². The zero-order valence-electron chi connectivity index (χ0n) is 14.9. The number of aryl methyl sites for hydroxylation is 2. The van der Waals surface area contributed by atoms with Gasteiger partial charge in [-0.2, -0.15) is 0 Å². The van der Waals surface area contributed by atoms with Crippen LogP contribution in [0.25, 0.3) is 21.8 Å². The van der Waals surface area contributed by atoms with E-state index < -0.39 is 11.7 Å². The maximum absolute atomic E-state index is 14.3. The minimum atomic E-state index is -0.545. The highest BCUT2D eigenvalue weighted by Gasteiger charge is 2.11. The molecule has 8 heteroatoms. The lowest BCUT2D eigenvalue weighted by atomic mass is 10.1. The van der Waals surface area contributed by atoms with Crippen molar-refractivity contribution in [3.63, 3.8) is 0 Å². The molecule has 0 radical (unpaired) electrons. The minimum absolute atomic E-state index is 0.176. The van der Waals surface area contributed by atoms with Gasteiger partial charge in [-0.15, -0.1) is 5.10 Å². The van der Waals surface area contributed by atoms with E-state index in [1.807, 2.05) is 6.92 Å². The number of pyridine rings is 1. The van der Waals surface area contributed by atoms with Gasteiger partial charge in [0.1, 0.15) is 11.3 Å². The molecule has 0 unspecified atom stereocenters. The van der Waals surface area contributed by atoms with Crippen molar-refractivity contribution >= 4 is 34.4 Å². The van der Waals surface area contributed by atoms with E-state index in [2.05, 4.69) is 25.3 Å². The smallest absolute Gasteiger partial charge is 0.257 e. The number of hydrogen-bond donors (Lipinski definition) is 2. The van der Waals surface area contributed by atoms with Crippen LogP contribution in [0.4, 0.5) is 15.9 Å². The van der Waals surface area contributed by atoms with Crippen molar-refractivity contribution in [2.45, 2.75) is 13.8 Å². The number of hydrogen-bond acceptors (Lipinski definition) is 4. The molecular formula is C19H16FN5O2. The quantitative estimate of drug-likeness (QED) is 0.542. The molecule has 0 fully saturated rings. The molecule has 0 aliphatic heterocycles. The van der Waals surface area contributed by atoms with Gasteiger partial charge < -0.3 is 14.9 Å². The third-order valence-electron chi connectivity index (χ3n) is 4.01. The van der Waals surface area contributed by atoms with Gasteiger partial charge in [-0.05, 0) is 37.6 Å². The van der Waals surface area contributed by atoms with E-state index in [4.69, 9.17) is 11.3 Å². The van der Waals surface area contributed by atoms with Gasteiger partial charge in [-0.3, -0.25) is 4.79 Å². The highest BCUT2D eigenvalue weighted by Crippen LogP contribution is 2.26. The van der Waals surface area contributed by atoms with Gasteiger partial charge in [-0.1, -0.05) is 6.57 Å². The number of nitrogens with zero attached hydrogens (tertiary/aromatic N) is 3. The first-order chi connectivity index (χ1) is 12.9. The summed E-state index contributed by atoms with van der Waals surface area (Å²) in [4.78, 5) is 19.7. The first kappa shape index (κ1) is 18.1. The van der Waals surface area contributed by atoms with Crippen molar-refractivity contribution in [1.82, 2.24) is 15.2 Å². The predicted octanol–water partition coefficient (Wildman–Crippen LogP) is 3.93. The molecule has 0 atom stereocenters. The number of amides is 1. The number of methoxy groups -OCH3 is 1. The topological polar surface area (TPSA) is 84.3 Å². The van der Waals surface area contributed by atoms with Gasteiger partial charge in [0.25, 0.3) is 5.82 Å². The maximum Gasteiger partial charge on any atom is 0.257 e. The predicted molar refractivity (Wildman–Crippen MR) is 100 cm³/mol. The van der Waals surface area contributed by atoms with Gasteiger partial charge in [-0.25, -0.2) is 14.5 Å². The first-order valence-corrected chi connectivity index (χ1v) is 7.99. The summed E-state index contributed by atoms with van der Waals surface area (Å²) in [5.74, 6) is -0.324. The molecule has 27 heavy (non-hydrogen) atoms. The summed E-state index contributed by atoms with van der Waals surface area (Å²) in [5.41, 5.74) is 2.65. The molecule has 0 aliphatic rings. The van der Waals surface area contributed by atoms with Crippen LogP contribution in [0, 0.1) is 26.2 Å². The molecular weight excluding hydrogens is 349 g/mol. The van der Waals surface area contributed by atoms with Crippen LogP contribution >= 0.6 is 0 Å². The maximum atomic E-state index is 14.3. The molecule has 1 amide bonds. The number of benzene rings is 1. The fourth-order valence-electron chi connectivity index (χ4n) is 2.67. The summed E-state index contributed by atoms with van der Waals surface area (Å²) >= 11 is 0. The molecule has 2 N–H and O–H groups in total. The number of H-pyrrole nitrogens is 1. The second kappa shape index (κ2) is 7.25. The molecule has 7 nitrogen and oxygen atoms in total. The van der Waals surface area contributed by atoms with Gasteiger partial charge >= 0.3 is 0 Å². The number of fused-ring (bicyclic) bond motifs is 1. The normalized spacial score (nSPS) is 10.9. The Morgan fingerprint density at radius 1 is 1.37 bits per heavy atom. The van der Waals surface area contributed by atoms with Crippen LogP contribution in [-0.2, 0) is 4.79 Å². The minimum Gasteiger partial charge on any atom is -0.481 e. The van der Waals surface area contributed by atoms with Crippen LogP contribution in [0.15, 0.2) is 24.3 Å². The van der Waals surface area contributed by atoms with Crippen molar-refractivity contribution in [3.8, 4) is 5.88 Å². The average molecular weight is 365 g/mol. The highest BCUT2D eigenvalue weighted by atomic mass is 19.1. The number of carbonyl (C=O) groups is 1. The van der Waals surface area contributed by atoms with E-state index in [1.54, 1.807) is 13.0 Å². The highest BCUT2D eigenvalue weighted by molar-refractivity contribution is 6.03. The Morgan fingerprint density at radius 3 is 2.81 bits per heavy atom. The molecule has 0 saturated carbocycles. The lowest BCUT2D eigenvalue weighted by Gasteiger charge is -2.11. The van der Waals surface area contributed by atoms with Crippen molar-refractivity contribution < 1.29 is 13.9 Å². The Balaban J connectivity index is 1.82. The number of ether oxygens (including phenoxy) is 1. The summed E-state index contributed by atoms with van der Waals surface area (Å²) in [7, 11) is 1.52.